The van der Waals surface area contributed by atoms with Crippen molar-refractivity contribution in [1.82, 2.24) is 19.9 Å². The molecule has 0 aliphatic carbocycles. The van der Waals surface area contributed by atoms with Gasteiger partial charge in [0, 0.05) is 6.20 Å². The van der Waals surface area contributed by atoms with Gasteiger partial charge in [-0.2, -0.15) is 0 Å². The van der Waals surface area contributed by atoms with Crippen molar-refractivity contribution in [2.45, 2.75) is 0 Å². The molecule has 2 heterocycles. The lowest BCUT2D eigenvalue weighted by molar-refractivity contribution is 1.12. The minimum Gasteiger partial charge on any atom is -0.384 e. The third kappa shape index (κ3) is 1.58. The van der Waals surface area contributed by atoms with Crippen molar-refractivity contribution in [3.63, 3.8) is 0 Å². The summed E-state index contributed by atoms with van der Waals surface area (Å²) >= 11 is 0. The molecule has 2 rings (SSSR count). The maximum atomic E-state index is 5.50. The zero-order valence-electron chi connectivity index (χ0n) is 7.25. The van der Waals surface area contributed by atoms with Gasteiger partial charge in [-0.15, -0.1) is 0 Å². The second-order valence-electron chi connectivity index (χ2n) is 2.63. The standard InChI is InChI=1S/C8H8N6/c9-6-1-2-11-8(14-6)5-3-13-7(10)4-12-5/h1-4H,(H2,10,13)(H2,9,11,14). The van der Waals surface area contributed by atoms with E-state index < -0.39 is 0 Å². The quantitative estimate of drug-likeness (QED) is 0.657. The summed E-state index contributed by atoms with van der Waals surface area (Å²) in [5.41, 5.74) is 11.4. The Morgan fingerprint density at radius 3 is 2.43 bits per heavy atom. The Morgan fingerprint density at radius 1 is 0.929 bits per heavy atom. The minimum absolute atomic E-state index is 0.359. The molecule has 0 amide bonds. The van der Waals surface area contributed by atoms with Crippen molar-refractivity contribution in [1.29, 1.82) is 0 Å². The van der Waals surface area contributed by atoms with Crippen LogP contribution in [0.1, 0.15) is 0 Å². The molecule has 6 heteroatoms. The van der Waals surface area contributed by atoms with E-state index in [0.717, 1.165) is 0 Å². The Kier molecular flexibility index (Phi) is 1.94. The molecule has 0 unspecified atom stereocenters. The lowest BCUT2D eigenvalue weighted by atomic mass is 10.4. The third-order valence-electron chi connectivity index (χ3n) is 1.58. The second kappa shape index (κ2) is 3.25. The molecule has 0 aliphatic rings. The summed E-state index contributed by atoms with van der Waals surface area (Å²) in [6.07, 6.45) is 4.52. The maximum Gasteiger partial charge on any atom is 0.181 e. The van der Waals surface area contributed by atoms with Crippen LogP contribution in [-0.2, 0) is 0 Å². The molecule has 0 saturated carbocycles. The topological polar surface area (TPSA) is 104 Å². The molecule has 70 valence electrons. The predicted octanol–water partition coefficient (Wildman–Crippen LogP) is 0.0980. The van der Waals surface area contributed by atoms with Crippen LogP contribution in [0, 0.1) is 0 Å². The number of nitrogens with zero attached hydrogens (tertiary/aromatic N) is 4. The first kappa shape index (κ1) is 8.36. The van der Waals surface area contributed by atoms with Gasteiger partial charge < -0.3 is 11.5 Å². The summed E-state index contributed by atoms with van der Waals surface area (Å²) in [6.45, 7) is 0. The molecule has 0 atom stereocenters. The zero-order valence-corrected chi connectivity index (χ0v) is 7.25. The van der Waals surface area contributed by atoms with Crippen LogP contribution in [0.25, 0.3) is 11.5 Å². The minimum atomic E-state index is 0.359. The molecule has 0 aromatic carbocycles. The number of hydrogen-bond acceptors (Lipinski definition) is 6. The van der Waals surface area contributed by atoms with Gasteiger partial charge in [0.1, 0.15) is 17.3 Å². The number of anilines is 2. The molecule has 14 heavy (non-hydrogen) atoms. The summed E-state index contributed by atoms with van der Waals surface area (Å²) in [7, 11) is 0. The molecule has 4 N–H and O–H groups in total. The number of aromatic nitrogens is 4. The van der Waals surface area contributed by atoms with Gasteiger partial charge in [0.05, 0.1) is 12.4 Å². The fraction of sp³-hybridized carbons (Fsp3) is 0. The van der Waals surface area contributed by atoms with Crippen LogP contribution in [0.2, 0.25) is 0 Å². The zero-order chi connectivity index (χ0) is 9.97. The SMILES string of the molecule is Nc1cnc(-c2nccc(N)n2)cn1. The van der Waals surface area contributed by atoms with Gasteiger partial charge in [-0.05, 0) is 6.07 Å². The van der Waals surface area contributed by atoms with Gasteiger partial charge in [0.25, 0.3) is 0 Å². The molecule has 0 aliphatic heterocycles. The average molecular weight is 188 g/mol. The van der Waals surface area contributed by atoms with E-state index in [9.17, 15) is 0 Å². The van der Waals surface area contributed by atoms with Gasteiger partial charge in [-0.1, -0.05) is 0 Å². The third-order valence-corrected chi connectivity index (χ3v) is 1.58. The molecule has 2 aromatic heterocycles. The monoisotopic (exact) mass is 188 g/mol. The number of hydrogen-bond donors (Lipinski definition) is 2. The molecule has 0 saturated heterocycles. The Hall–Kier alpha value is -2.24. The second-order valence-corrected chi connectivity index (χ2v) is 2.63. The molecule has 0 bridgehead atoms. The van der Waals surface area contributed by atoms with E-state index in [4.69, 9.17) is 11.5 Å². The average Bonchev–Trinajstić information content (AvgIpc) is 2.19. The first-order chi connectivity index (χ1) is 6.75. The van der Waals surface area contributed by atoms with Crippen LogP contribution in [0.15, 0.2) is 24.7 Å². The van der Waals surface area contributed by atoms with Gasteiger partial charge in [0.2, 0.25) is 0 Å². The molecular formula is C8H8N6. The first-order valence-corrected chi connectivity index (χ1v) is 3.92. The lowest BCUT2D eigenvalue weighted by Crippen LogP contribution is -1.98. The van der Waals surface area contributed by atoms with Crippen LogP contribution in [0.5, 0.6) is 0 Å². The van der Waals surface area contributed by atoms with Gasteiger partial charge in [0.15, 0.2) is 5.82 Å². The van der Waals surface area contributed by atoms with Gasteiger partial charge in [-0.3, -0.25) is 0 Å². The molecule has 6 nitrogen and oxygen atoms in total. The predicted molar refractivity (Wildman–Crippen MR) is 51.9 cm³/mol. The first-order valence-electron chi connectivity index (χ1n) is 3.92. The van der Waals surface area contributed by atoms with Crippen molar-refractivity contribution < 1.29 is 0 Å². The van der Waals surface area contributed by atoms with E-state index in [1.54, 1.807) is 12.3 Å². The fourth-order valence-corrected chi connectivity index (χ4v) is 0.950. The van der Waals surface area contributed by atoms with Crippen molar-refractivity contribution in [2.24, 2.45) is 0 Å². The van der Waals surface area contributed by atoms with E-state index >= 15 is 0 Å². The van der Waals surface area contributed by atoms with Crippen LogP contribution in [0.4, 0.5) is 11.6 Å². The molecule has 0 spiro atoms. The molecule has 0 fully saturated rings. The highest BCUT2D eigenvalue weighted by Crippen LogP contribution is 2.11. The van der Waals surface area contributed by atoms with Crippen LogP contribution in [-0.4, -0.2) is 19.9 Å². The maximum absolute atomic E-state index is 5.50. The summed E-state index contributed by atoms with van der Waals surface area (Å²) in [4.78, 5) is 15.9. The number of nitrogen functional groups attached to an aromatic ring is 2. The van der Waals surface area contributed by atoms with E-state index in [0.29, 0.717) is 23.2 Å². The highest BCUT2D eigenvalue weighted by Gasteiger charge is 2.02. The van der Waals surface area contributed by atoms with E-state index in [1.807, 2.05) is 0 Å². The number of nitrogens with two attached hydrogens (primary N) is 2. The van der Waals surface area contributed by atoms with E-state index in [2.05, 4.69) is 19.9 Å². The summed E-state index contributed by atoms with van der Waals surface area (Å²) in [5.74, 6) is 1.20. The summed E-state index contributed by atoms with van der Waals surface area (Å²) < 4.78 is 0. The normalized spacial score (nSPS) is 10.0. The highest BCUT2D eigenvalue weighted by molar-refractivity contribution is 5.50. The van der Waals surface area contributed by atoms with Crippen LogP contribution in [0.3, 0.4) is 0 Å². The van der Waals surface area contributed by atoms with Crippen molar-refractivity contribution in [2.75, 3.05) is 11.5 Å². The van der Waals surface area contributed by atoms with Gasteiger partial charge >= 0.3 is 0 Å². The number of rotatable bonds is 1. The van der Waals surface area contributed by atoms with E-state index in [-0.39, 0.29) is 0 Å². The Morgan fingerprint density at radius 2 is 1.79 bits per heavy atom. The largest absolute Gasteiger partial charge is 0.384 e. The van der Waals surface area contributed by atoms with E-state index in [1.165, 1.54) is 12.4 Å². The summed E-state index contributed by atoms with van der Waals surface area (Å²) in [6, 6.07) is 1.61. The van der Waals surface area contributed by atoms with Gasteiger partial charge in [-0.25, -0.2) is 19.9 Å². The van der Waals surface area contributed by atoms with Crippen molar-refractivity contribution >= 4 is 11.6 Å². The molecule has 0 radical (unpaired) electrons. The Balaban J connectivity index is 2.44. The smallest absolute Gasteiger partial charge is 0.181 e. The highest BCUT2D eigenvalue weighted by atomic mass is 15.0. The lowest BCUT2D eigenvalue weighted by Gasteiger charge is -1.99. The summed E-state index contributed by atoms with van der Waals surface area (Å²) in [5, 5.41) is 0. The molecule has 2 aromatic rings. The molecular weight excluding hydrogens is 180 g/mol. The van der Waals surface area contributed by atoms with Crippen LogP contribution < -0.4 is 11.5 Å². The van der Waals surface area contributed by atoms with Crippen LogP contribution >= 0.6 is 0 Å². The fourth-order valence-electron chi connectivity index (χ4n) is 0.950. The van der Waals surface area contributed by atoms with Crippen molar-refractivity contribution in [3.05, 3.63) is 24.7 Å². The Labute approximate surface area is 80.0 Å². The Bertz CT molecular complexity index is 438. The van der Waals surface area contributed by atoms with Crippen molar-refractivity contribution in [3.8, 4) is 11.5 Å².